The van der Waals surface area contributed by atoms with E-state index in [1.54, 1.807) is 0 Å². The fourth-order valence-corrected chi connectivity index (χ4v) is 14.2. The maximum Gasteiger partial charge on any atom is 0.252 e. The second-order valence-corrected chi connectivity index (χ2v) is 29.0. The molecule has 0 N–H and O–H groups in total. The van der Waals surface area contributed by atoms with Crippen molar-refractivity contribution in [3.8, 4) is 11.1 Å². The highest BCUT2D eigenvalue weighted by molar-refractivity contribution is 7.00. The first-order chi connectivity index (χ1) is 37.1. The van der Waals surface area contributed by atoms with Crippen LogP contribution >= 0.6 is 0 Å². The Hall–Kier alpha value is -6.78. The van der Waals surface area contributed by atoms with Crippen LogP contribution in [0, 0.1) is 20.8 Å². The van der Waals surface area contributed by atoms with Gasteiger partial charge in [0, 0.05) is 51.1 Å². The SMILES string of the molecule is Cc1cc2c3c(c1)N(c1ccc(C(C)(C)C)cc1-c1ccc(C(C)(C)C)cc1)c1cc(N(c4ccccc4C)c4ccccc4C)ccc1B3c1cc3c(cc1N2c1ccc2c(c1)C(C)(C)CCC2(C)C)C(C)(C)CCC3(C)C. The van der Waals surface area contributed by atoms with Gasteiger partial charge in [-0.15, -0.1) is 0 Å². The van der Waals surface area contributed by atoms with E-state index >= 15 is 0 Å². The summed E-state index contributed by atoms with van der Waals surface area (Å²) >= 11 is 0. The Morgan fingerprint density at radius 3 is 1.49 bits per heavy atom. The summed E-state index contributed by atoms with van der Waals surface area (Å²) in [6.45, 7) is 40.6. The third-order valence-corrected chi connectivity index (χ3v) is 19.4. The number of hydrogen-bond donors (Lipinski definition) is 0. The van der Waals surface area contributed by atoms with Gasteiger partial charge in [-0.05, 0) is 218 Å². The zero-order valence-electron chi connectivity index (χ0n) is 50.7. The largest absolute Gasteiger partial charge is 0.311 e. The summed E-state index contributed by atoms with van der Waals surface area (Å²) in [7, 11) is 0. The standard InChI is InChI=1S/C75H84BN3/c1-47-40-67-69-68(41-47)79(64-35-30-52(71(7,8)9)42-55(64)50-26-28-51(29-27-50)70(4,5)6)65-44-54(77(62-24-20-18-22-48(62)2)63-25-21-19-23-49(63)3)32-34-60(65)76(69)61-45-58-59(75(16,17)39-38-74(58,14)15)46-66(61)78(67)53-31-33-56-57(43-53)73(12,13)37-36-72(56,10)11/h18-35,40-46H,36-39H2,1-17H3. The second kappa shape index (κ2) is 18.1. The molecule has 402 valence electrons. The molecule has 2 aliphatic carbocycles. The molecule has 0 amide bonds. The number of hydrogen-bond acceptors (Lipinski definition) is 3. The molecule has 3 nitrogen and oxygen atoms in total. The summed E-state index contributed by atoms with van der Waals surface area (Å²) in [6.07, 6.45) is 4.67. The Labute approximate surface area is 475 Å². The van der Waals surface area contributed by atoms with Crippen LogP contribution in [0.3, 0.4) is 0 Å². The lowest BCUT2D eigenvalue weighted by Crippen LogP contribution is -2.62. The minimum absolute atomic E-state index is 0.0176. The molecule has 79 heavy (non-hydrogen) atoms. The van der Waals surface area contributed by atoms with Crippen LogP contribution in [0.25, 0.3) is 11.1 Å². The van der Waals surface area contributed by atoms with Gasteiger partial charge in [-0.3, -0.25) is 0 Å². The lowest BCUT2D eigenvalue weighted by molar-refractivity contribution is 0.332. The maximum absolute atomic E-state index is 2.71. The molecule has 0 aromatic heterocycles. The van der Waals surface area contributed by atoms with Crippen LogP contribution in [0.5, 0.6) is 0 Å². The number of para-hydroxylation sites is 2. The third kappa shape index (κ3) is 8.69. The molecule has 12 rings (SSSR count). The highest BCUT2D eigenvalue weighted by Crippen LogP contribution is 2.54. The summed E-state index contributed by atoms with van der Waals surface area (Å²) < 4.78 is 0. The van der Waals surface area contributed by atoms with Gasteiger partial charge in [-0.25, -0.2) is 0 Å². The van der Waals surface area contributed by atoms with Crippen LogP contribution in [0.15, 0.2) is 152 Å². The van der Waals surface area contributed by atoms with Gasteiger partial charge in [0.05, 0.1) is 5.69 Å². The van der Waals surface area contributed by atoms with Crippen LogP contribution < -0.4 is 31.1 Å². The third-order valence-electron chi connectivity index (χ3n) is 19.4. The molecular formula is C75H84BN3. The number of fused-ring (bicyclic) bond motifs is 6. The Morgan fingerprint density at radius 1 is 0.418 bits per heavy atom. The molecule has 4 aliphatic rings. The first kappa shape index (κ1) is 52.9. The van der Waals surface area contributed by atoms with E-state index in [0.29, 0.717) is 0 Å². The van der Waals surface area contributed by atoms with Crippen molar-refractivity contribution in [2.75, 3.05) is 14.7 Å². The molecule has 0 spiro atoms. The molecule has 0 fully saturated rings. The molecule has 8 aromatic rings. The van der Waals surface area contributed by atoms with Crippen molar-refractivity contribution >= 4 is 74.3 Å². The molecule has 0 saturated carbocycles. The molecule has 2 heterocycles. The fourth-order valence-electron chi connectivity index (χ4n) is 14.2. The van der Waals surface area contributed by atoms with Crippen LogP contribution in [-0.2, 0) is 32.5 Å². The van der Waals surface area contributed by atoms with Crippen molar-refractivity contribution in [1.29, 1.82) is 0 Å². The number of aryl methyl sites for hydroxylation is 3. The molecule has 0 radical (unpaired) electrons. The van der Waals surface area contributed by atoms with Crippen LogP contribution in [0.2, 0.25) is 0 Å². The van der Waals surface area contributed by atoms with Crippen LogP contribution in [0.1, 0.15) is 173 Å². The average molecular weight is 1040 g/mol. The van der Waals surface area contributed by atoms with E-state index in [1.807, 2.05) is 0 Å². The first-order valence-corrected chi connectivity index (χ1v) is 29.5. The molecule has 0 saturated heterocycles. The Bertz CT molecular complexity index is 3710. The van der Waals surface area contributed by atoms with Crippen molar-refractivity contribution in [2.45, 2.75) is 176 Å². The Morgan fingerprint density at radius 2 is 0.924 bits per heavy atom. The minimum atomic E-state index is -0.0643. The van der Waals surface area contributed by atoms with Crippen molar-refractivity contribution < 1.29 is 0 Å². The van der Waals surface area contributed by atoms with Gasteiger partial charge in [0.1, 0.15) is 0 Å². The predicted octanol–water partition coefficient (Wildman–Crippen LogP) is 19.1. The van der Waals surface area contributed by atoms with Gasteiger partial charge in [-0.2, -0.15) is 0 Å². The topological polar surface area (TPSA) is 9.72 Å². The van der Waals surface area contributed by atoms with Crippen molar-refractivity contribution in [3.63, 3.8) is 0 Å². The predicted molar refractivity (Wildman–Crippen MR) is 343 cm³/mol. The van der Waals surface area contributed by atoms with Crippen molar-refractivity contribution in [2.24, 2.45) is 0 Å². The molecular weight excluding hydrogens is 954 g/mol. The molecule has 2 aliphatic heterocycles. The molecule has 4 heteroatoms. The van der Waals surface area contributed by atoms with E-state index in [4.69, 9.17) is 0 Å². The summed E-state index contributed by atoms with van der Waals surface area (Å²) in [4.78, 5) is 7.89. The monoisotopic (exact) mass is 1040 g/mol. The summed E-state index contributed by atoms with van der Waals surface area (Å²) in [6, 6.07) is 60.0. The van der Waals surface area contributed by atoms with Gasteiger partial charge >= 0.3 is 0 Å². The minimum Gasteiger partial charge on any atom is -0.311 e. The van der Waals surface area contributed by atoms with E-state index < -0.39 is 0 Å². The molecule has 0 unspecified atom stereocenters. The van der Waals surface area contributed by atoms with Gasteiger partial charge in [0.15, 0.2) is 0 Å². The molecule has 0 bridgehead atoms. The molecule has 8 aromatic carbocycles. The van der Waals surface area contributed by atoms with Gasteiger partial charge in [0.2, 0.25) is 0 Å². The van der Waals surface area contributed by atoms with E-state index in [2.05, 4.69) is 284 Å². The highest BCUT2D eigenvalue weighted by atomic mass is 15.2. The quantitative estimate of drug-likeness (QED) is 0.154. The smallest absolute Gasteiger partial charge is 0.252 e. The summed E-state index contributed by atoms with van der Waals surface area (Å²) in [5, 5.41) is 0. The van der Waals surface area contributed by atoms with E-state index in [-0.39, 0.29) is 39.2 Å². The van der Waals surface area contributed by atoms with Gasteiger partial charge in [0.25, 0.3) is 6.71 Å². The highest BCUT2D eigenvalue weighted by Gasteiger charge is 2.48. The lowest BCUT2D eigenvalue weighted by atomic mass is 9.33. The van der Waals surface area contributed by atoms with Gasteiger partial charge in [-0.1, -0.05) is 182 Å². The fraction of sp³-hybridized carbons (Fsp3) is 0.360. The lowest BCUT2D eigenvalue weighted by Gasteiger charge is -2.48. The maximum atomic E-state index is 2.71. The van der Waals surface area contributed by atoms with Gasteiger partial charge < -0.3 is 14.7 Å². The summed E-state index contributed by atoms with van der Waals surface area (Å²) in [5.41, 5.74) is 30.0. The van der Waals surface area contributed by atoms with E-state index in [9.17, 15) is 0 Å². The first-order valence-electron chi connectivity index (χ1n) is 29.5. The van der Waals surface area contributed by atoms with E-state index in [1.165, 1.54) is 136 Å². The average Bonchev–Trinajstić information content (AvgIpc) is 3.43. The number of rotatable bonds is 6. The Balaban J connectivity index is 1.21. The number of benzene rings is 8. The van der Waals surface area contributed by atoms with Crippen LogP contribution in [0.4, 0.5) is 51.2 Å². The zero-order valence-corrected chi connectivity index (χ0v) is 50.7. The summed E-state index contributed by atoms with van der Waals surface area (Å²) in [5.74, 6) is 0. The second-order valence-electron chi connectivity index (χ2n) is 29.0. The normalized spacial score (nSPS) is 17.3. The number of nitrogens with zero attached hydrogens (tertiary/aromatic N) is 3. The number of anilines is 9. The van der Waals surface area contributed by atoms with E-state index in [0.717, 1.165) is 18.5 Å². The van der Waals surface area contributed by atoms with Crippen molar-refractivity contribution in [1.82, 2.24) is 0 Å². The Kier molecular flexibility index (Phi) is 12.1. The zero-order chi connectivity index (χ0) is 56.1. The van der Waals surface area contributed by atoms with Crippen LogP contribution in [-0.4, -0.2) is 6.71 Å². The van der Waals surface area contributed by atoms with Crippen molar-refractivity contribution in [3.05, 3.63) is 202 Å². The molecule has 0 atom stereocenters.